The van der Waals surface area contributed by atoms with Crippen LogP contribution < -0.4 is 4.90 Å². The maximum absolute atomic E-state index is 11.8. The quantitative estimate of drug-likeness (QED) is 0.514. The van der Waals surface area contributed by atoms with Gasteiger partial charge in [-0.15, -0.1) is 0 Å². The molecule has 0 aliphatic rings. The standard InChI is InChI=1S/C20H14N6O/c21-11-15-3-1-5-17(9-15)18-10-20(26-19(24-18)6-8-23-26)25(14-27)13-16-4-2-7-22-12-16/h1-10,12,14H,13H2. The minimum absolute atomic E-state index is 0.355. The zero-order valence-corrected chi connectivity index (χ0v) is 14.2. The lowest BCUT2D eigenvalue weighted by atomic mass is 10.1. The van der Waals surface area contributed by atoms with Crippen LogP contribution >= 0.6 is 0 Å². The first-order chi connectivity index (χ1) is 13.3. The van der Waals surface area contributed by atoms with Gasteiger partial charge >= 0.3 is 0 Å². The second-order valence-electron chi connectivity index (χ2n) is 5.89. The molecule has 1 amide bonds. The minimum atomic E-state index is 0.355. The Balaban J connectivity index is 1.82. The van der Waals surface area contributed by atoms with E-state index < -0.39 is 0 Å². The van der Waals surface area contributed by atoms with E-state index in [1.807, 2.05) is 24.3 Å². The number of pyridine rings is 1. The summed E-state index contributed by atoms with van der Waals surface area (Å²) in [5, 5.41) is 13.4. The normalized spacial score (nSPS) is 10.5. The Morgan fingerprint density at radius 2 is 2.07 bits per heavy atom. The Labute approximate surface area is 155 Å². The average Bonchev–Trinajstić information content (AvgIpc) is 3.21. The van der Waals surface area contributed by atoms with Crippen molar-refractivity contribution in [2.45, 2.75) is 6.54 Å². The molecule has 0 saturated carbocycles. The Kier molecular flexibility index (Phi) is 4.29. The number of fused-ring (bicyclic) bond motifs is 1. The number of anilines is 1. The van der Waals surface area contributed by atoms with Gasteiger partial charge in [0.15, 0.2) is 5.65 Å². The Morgan fingerprint density at radius 1 is 1.15 bits per heavy atom. The Hall–Kier alpha value is -4.05. The minimum Gasteiger partial charge on any atom is -0.295 e. The van der Waals surface area contributed by atoms with Gasteiger partial charge in [0.05, 0.1) is 30.1 Å². The molecule has 0 atom stereocenters. The molecule has 0 spiro atoms. The smallest absolute Gasteiger partial charge is 0.215 e. The molecule has 3 heterocycles. The van der Waals surface area contributed by atoms with Gasteiger partial charge < -0.3 is 0 Å². The maximum atomic E-state index is 11.8. The monoisotopic (exact) mass is 354 g/mol. The van der Waals surface area contributed by atoms with Gasteiger partial charge in [-0.05, 0) is 23.8 Å². The highest BCUT2D eigenvalue weighted by atomic mass is 16.1. The Bertz CT molecular complexity index is 1150. The molecule has 7 heteroatoms. The van der Waals surface area contributed by atoms with Crippen LogP contribution in [0, 0.1) is 11.3 Å². The molecule has 1 aromatic carbocycles. The molecule has 7 nitrogen and oxygen atoms in total. The summed E-state index contributed by atoms with van der Waals surface area (Å²) in [6.45, 7) is 0.355. The van der Waals surface area contributed by atoms with Gasteiger partial charge in [0.25, 0.3) is 0 Å². The second kappa shape index (κ2) is 7.06. The number of amides is 1. The summed E-state index contributed by atoms with van der Waals surface area (Å²) in [7, 11) is 0. The molecule has 0 N–H and O–H groups in total. The van der Waals surface area contributed by atoms with Crippen LogP contribution in [0.15, 0.2) is 67.1 Å². The summed E-state index contributed by atoms with van der Waals surface area (Å²) in [5.74, 6) is 0.584. The SMILES string of the molecule is N#Cc1cccc(-c2cc(N(C=O)Cc3cccnc3)n3nccc3n2)c1. The lowest BCUT2D eigenvalue weighted by Crippen LogP contribution is -2.23. The number of aromatic nitrogens is 4. The molecule has 0 saturated heterocycles. The third kappa shape index (κ3) is 3.24. The van der Waals surface area contributed by atoms with Crippen LogP contribution in [0.2, 0.25) is 0 Å². The first-order valence-electron chi connectivity index (χ1n) is 8.24. The number of nitrogens with zero attached hydrogens (tertiary/aromatic N) is 6. The first kappa shape index (κ1) is 16.4. The largest absolute Gasteiger partial charge is 0.295 e. The molecule has 0 aliphatic heterocycles. The average molecular weight is 354 g/mol. The van der Waals surface area contributed by atoms with Crippen LogP contribution in [-0.2, 0) is 11.3 Å². The number of benzene rings is 1. The van der Waals surface area contributed by atoms with E-state index in [0.717, 1.165) is 17.5 Å². The van der Waals surface area contributed by atoms with Crippen molar-refractivity contribution in [2.75, 3.05) is 4.90 Å². The molecular weight excluding hydrogens is 340 g/mol. The van der Waals surface area contributed by atoms with Crippen LogP contribution in [0.5, 0.6) is 0 Å². The summed E-state index contributed by atoms with van der Waals surface area (Å²) in [6.07, 6.45) is 5.80. The van der Waals surface area contributed by atoms with Gasteiger partial charge in [-0.2, -0.15) is 14.9 Å². The van der Waals surface area contributed by atoms with Crippen molar-refractivity contribution < 1.29 is 4.79 Å². The fourth-order valence-electron chi connectivity index (χ4n) is 2.86. The van der Waals surface area contributed by atoms with E-state index in [4.69, 9.17) is 5.26 Å². The van der Waals surface area contributed by atoms with Crippen molar-refractivity contribution in [1.82, 2.24) is 19.6 Å². The molecule has 4 rings (SSSR count). The summed E-state index contributed by atoms with van der Waals surface area (Å²) >= 11 is 0. The summed E-state index contributed by atoms with van der Waals surface area (Å²) in [6, 6.07) is 16.6. The molecule has 0 fully saturated rings. The van der Waals surface area contributed by atoms with Gasteiger partial charge in [0, 0.05) is 30.1 Å². The summed E-state index contributed by atoms with van der Waals surface area (Å²) < 4.78 is 1.61. The van der Waals surface area contributed by atoms with E-state index in [0.29, 0.717) is 29.3 Å². The van der Waals surface area contributed by atoms with Crippen molar-refractivity contribution in [1.29, 1.82) is 5.26 Å². The molecule has 0 aliphatic carbocycles. The highest BCUT2D eigenvalue weighted by Gasteiger charge is 2.15. The van der Waals surface area contributed by atoms with E-state index in [-0.39, 0.29) is 0 Å². The predicted octanol–water partition coefficient (Wildman–Crippen LogP) is 2.83. The van der Waals surface area contributed by atoms with E-state index in [1.54, 1.807) is 52.3 Å². The van der Waals surface area contributed by atoms with Crippen molar-refractivity contribution in [3.63, 3.8) is 0 Å². The number of hydrogen-bond acceptors (Lipinski definition) is 5. The van der Waals surface area contributed by atoms with E-state index in [1.165, 1.54) is 0 Å². The molecule has 3 aromatic heterocycles. The Morgan fingerprint density at radius 3 is 2.85 bits per heavy atom. The second-order valence-corrected chi connectivity index (χ2v) is 5.89. The summed E-state index contributed by atoms with van der Waals surface area (Å²) in [4.78, 5) is 22.1. The summed E-state index contributed by atoms with van der Waals surface area (Å²) in [5.41, 5.74) is 3.52. The van der Waals surface area contributed by atoms with Crippen molar-refractivity contribution in [2.24, 2.45) is 0 Å². The van der Waals surface area contributed by atoms with Crippen molar-refractivity contribution in [3.8, 4) is 17.3 Å². The topological polar surface area (TPSA) is 87.2 Å². The molecule has 130 valence electrons. The maximum Gasteiger partial charge on any atom is 0.215 e. The third-order valence-corrected chi connectivity index (χ3v) is 4.13. The van der Waals surface area contributed by atoms with Gasteiger partial charge in [0.1, 0.15) is 5.82 Å². The number of nitriles is 1. The molecule has 0 bridgehead atoms. The lowest BCUT2D eigenvalue weighted by molar-refractivity contribution is -0.107. The van der Waals surface area contributed by atoms with Crippen LogP contribution in [-0.4, -0.2) is 26.0 Å². The third-order valence-electron chi connectivity index (χ3n) is 4.13. The van der Waals surface area contributed by atoms with Gasteiger partial charge in [-0.1, -0.05) is 18.2 Å². The van der Waals surface area contributed by atoms with Crippen molar-refractivity contribution in [3.05, 3.63) is 78.2 Å². The zero-order chi connectivity index (χ0) is 18.6. The number of hydrogen-bond donors (Lipinski definition) is 0. The first-order valence-corrected chi connectivity index (χ1v) is 8.24. The van der Waals surface area contributed by atoms with E-state index in [9.17, 15) is 4.79 Å². The molecule has 4 aromatic rings. The van der Waals surface area contributed by atoms with Crippen LogP contribution in [0.3, 0.4) is 0 Å². The van der Waals surface area contributed by atoms with E-state index in [2.05, 4.69) is 21.1 Å². The van der Waals surface area contributed by atoms with Gasteiger partial charge in [0.2, 0.25) is 6.41 Å². The number of carbonyl (C=O) groups is 1. The van der Waals surface area contributed by atoms with Gasteiger partial charge in [-0.3, -0.25) is 14.7 Å². The molecule has 0 unspecified atom stereocenters. The highest BCUT2D eigenvalue weighted by Crippen LogP contribution is 2.25. The fourth-order valence-corrected chi connectivity index (χ4v) is 2.86. The van der Waals surface area contributed by atoms with Gasteiger partial charge in [-0.25, -0.2) is 4.98 Å². The highest BCUT2D eigenvalue weighted by molar-refractivity contribution is 5.77. The van der Waals surface area contributed by atoms with Crippen LogP contribution in [0.25, 0.3) is 16.9 Å². The predicted molar refractivity (Wildman–Crippen MR) is 99.6 cm³/mol. The fraction of sp³-hybridized carbons (Fsp3) is 0.0500. The number of carbonyl (C=O) groups excluding carboxylic acids is 1. The van der Waals surface area contributed by atoms with Crippen LogP contribution in [0.4, 0.5) is 5.82 Å². The van der Waals surface area contributed by atoms with E-state index >= 15 is 0 Å². The lowest BCUT2D eigenvalue weighted by Gasteiger charge is -2.19. The van der Waals surface area contributed by atoms with Crippen molar-refractivity contribution >= 4 is 17.9 Å². The molecule has 0 radical (unpaired) electrons. The zero-order valence-electron chi connectivity index (χ0n) is 14.2. The molecular formula is C20H14N6O. The number of rotatable bonds is 5. The van der Waals surface area contributed by atoms with Crippen LogP contribution in [0.1, 0.15) is 11.1 Å². The molecule has 27 heavy (non-hydrogen) atoms.